The van der Waals surface area contributed by atoms with Crippen molar-refractivity contribution >= 4 is 5.78 Å². The van der Waals surface area contributed by atoms with E-state index in [-0.39, 0.29) is 11.7 Å². The maximum atomic E-state index is 12.4. The number of hydrogen-bond donors (Lipinski definition) is 2. The van der Waals surface area contributed by atoms with Crippen molar-refractivity contribution < 1.29 is 19.7 Å². The van der Waals surface area contributed by atoms with Crippen molar-refractivity contribution in [3.05, 3.63) is 48.6 Å². The molecule has 5 atom stereocenters. The Kier molecular flexibility index (Phi) is 9.65. The molecule has 1 rings (SSSR count). The standard InChI is InChI=1S/C21H32O4/c1-5-15(2)20(23)17(4)21(24)16(3)19(22)12-9-13-25-14-18-10-7-6-8-11-18/h5-8,10-11,15-17,19-20,22-23H,1,9,12-14H2,2-4H3/t15-,16+,17-,19-,20-/m1/s1. The SMILES string of the molecule is C=C[C@@H](C)[C@@H](O)[C@@H](C)C(=O)[C@@H](C)[C@H](O)CCCOCc1ccccc1. The average molecular weight is 348 g/mol. The largest absolute Gasteiger partial charge is 0.392 e. The molecule has 2 N–H and O–H groups in total. The van der Waals surface area contributed by atoms with Crippen LogP contribution < -0.4 is 0 Å². The van der Waals surface area contributed by atoms with Gasteiger partial charge in [0.05, 0.1) is 18.8 Å². The fourth-order valence-corrected chi connectivity index (χ4v) is 2.78. The normalized spacial score (nSPS) is 17.3. The molecule has 4 nitrogen and oxygen atoms in total. The van der Waals surface area contributed by atoms with Crippen LogP contribution in [0.3, 0.4) is 0 Å². The van der Waals surface area contributed by atoms with Crippen LogP contribution in [0.2, 0.25) is 0 Å². The molecule has 0 aliphatic heterocycles. The first-order chi connectivity index (χ1) is 11.9. The van der Waals surface area contributed by atoms with Gasteiger partial charge in [-0.05, 0) is 18.4 Å². The lowest BCUT2D eigenvalue weighted by Crippen LogP contribution is -2.37. The molecule has 0 aliphatic rings. The van der Waals surface area contributed by atoms with Crippen LogP contribution in [-0.2, 0) is 16.1 Å². The minimum atomic E-state index is -0.770. The van der Waals surface area contributed by atoms with E-state index in [0.29, 0.717) is 26.1 Å². The number of benzene rings is 1. The van der Waals surface area contributed by atoms with Crippen LogP contribution in [0.25, 0.3) is 0 Å². The molecule has 1 aromatic carbocycles. The number of aliphatic hydroxyl groups excluding tert-OH is 2. The van der Waals surface area contributed by atoms with Gasteiger partial charge >= 0.3 is 0 Å². The van der Waals surface area contributed by atoms with E-state index in [2.05, 4.69) is 6.58 Å². The molecule has 0 saturated carbocycles. The van der Waals surface area contributed by atoms with Gasteiger partial charge in [-0.1, -0.05) is 57.2 Å². The van der Waals surface area contributed by atoms with Crippen LogP contribution in [0.5, 0.6) is 0 Å². The Labute approximate surface area is 151 Å². The quantitative estimate of drug-likeness (QED) is 0.449. The molecule has 0 bridgehead atoms. The molecule has 0 heterocycles. The maximum absolute atomic E-state index is 12.4. The predicted octanol–water partition coefficient (Wildman–Crippen LogP) is 3.37. The highest BCUT2D eigenvalue weighted by Gasteiger charge is 2.31. The molecule has 0 radical (unpaired) electrons. The van der Waals surface area contributed by atoms with Gasteiger partial charge < -0.3 is 14.9 Å². The maximum Gasteiger partial charge on any atom is 0.143 e. The van der Waals surface area contributed by atoms with E-state index in [0.717, 1.165) is 5.56 Å². The summed E-state index contributed by atoms with van der Waals surface area (Å²) in [6.07, 6.45) is 1.34. The molecule has 0 spiro atoms. The lowest BCUT2D eigenvalue weighted by molar-refractivity contribution is -0.133. The lowest BCUT2D eigenvalue weighted by atomic mass is 9.83. The van der Waals surface area contributed by atoms with Gasteiger partial charge in [-0.2, -0.15) is 0 Å². The third kappa shape index (κ3) is 7.10. The third-order valence-electron chi connectivity index (χ3n) is 4.80. The smallest absolute Gasteiger partial charge is 0.143 e. The molecule has 0 aliphatic carbocycles. The highest BCUT2D eigenvalue weighted by molar-refractivity contribution is 5.83. The van der Waals surface area contributed by atoms with Crippen molar-refractivity contribution in [2.75, 3.05) is 6.61 Å². The van der Waals surface area contributed by atoms with Crippen LogP contribution in [-0.4, -0.2) is 34.8 Å². The van der Waals surface area contributed by atoms with Crippen molar-refractivity contribution in [2.24, 2.45) is 17.8 Å². The molecule has 140 valence electrons. The van der Waals surface area contributed by atoms with Gasteiger partial charge in [-0.15, -0.1) is 6.58 Å². The second-order valence-electron chi connectivity index (χ2n) is 6.81. The van der Waals surface area contributed by atoms with Crippen molar-refractivity contribution in [1.29, 1.82) is 0 Å². The van der Waals surface area contributed by atoms with Gasteiger partial charge in [0.25, 0.3) is 0 Å². The molecule has 0 aromatic heterocycles. The zero-order valence-electron chi connectivity index (χ0n) is 15.6. The Morgan fingerprint density at radius 3 is 2.40 bits per heavy atom. The molecule has 4 heteroatoms. The summed E-state index contributed by atoms with van der Waals surface area (Å²) in [5.74, 6) is -1.30. The zero-order valence-corrected chi connectivity index (χ0v) is 15.6. The zero-order chi connectivity index (χ0) is 18.8. The first kappa shape index (κ1) is 21.6. The summed E-state index contributed by atoms with van der Waals surface area (Å²) in [7, 11) is 0. The number of ether oxygens (including phenoxy) is 1. The summed E-state index contributed by atoms with van der Waals surface area (Å²) in [6, 6.07) is 9.92. The van der Waals surface area contributed by atoms with Crippen molar-refractivity contribution in [3.63, 3.8) is 0 Å². The number of rotatable bonds is 12. The number of Topliss-reactive ketones (excluding diaryl/α,β-unsaturated/α-hetero) is 1. The van der Waals surface area contributed by atoms with Crippen LogP contribution >= 0.6 is 0 Å². The molecule has 0 amide bonds. The Morgan fingerprint density at radius 2 is 1.80 bits per heavy atom. The lowest BCUT2D eigenvalue weighted by Gasteiger charge is -2.26. The number of ketones is 1. The molecular weight excluding hydrogens is 316 g/mol. The number of hydrogen-bond acceptors (Lipinski definition) is 4. The minimum absolute atomic E-state index is 0.112. The van der Waals surface area contributed by atoms with E-state index in [1.165, 1.54) is 0 Å². The van der Waals surface area contributed by atoms with E-state index in [9.17, 15) is 15.0 Å². The first-order valence-electron chi connectivity index (χ1n) is 9.02. The fourth-order valence-electron chi connectivity index (χ4n) is 2.78. The minimum Gasteiger partial charge on any atom is -0.392 e. The van der Waals surface area contributed by atoms with Crippen LogP contribution in [0, 0.1) is 17.8 Å². The topological polar surface area (TPSA) is 66.8 Å². The van der Waals surface area contributed by atoms with Gasteiger partial charge in [-0.3, -0.25) is 4.79 Å². The molecular formula is C21H32O4. The van der Waals surface area contributed by atoms with Gasteiger partial charge in [0.1, 0.15) is 5.78 Å². The fraction of sp³-hybridized carbons (Fsp3) is 0.571. The molecule has 25 heavy (non-hydrogen) atoms. The van der Waals surface area contributed by atoms with E-state index < -0.39 is 24.0 Å². The predicted molar refractivity (Wildman–Crippen MR) is 100 cm³/mol. The summed E-state index contributed by atoms with van der Waals surface area (Å²) < 4.78 is 5.59. The van der Waals surface area contributed by atoms with E-state index in [1.54, 1.807) is 19.9 Å². The summed E-state index contributed by atoms with van der Waals surface area (Å²) in [6.45, 7) is 9.99. The number of aliphatic hydroxyl groups is 2. The van der Waals surface area contributed by atoms with E-state index >= 15 is 0 Å². The summed E-state index contributed by atoms with van der Waals surface area (Å²) in [5, 5.41) is 20.4. The van der Waals surface area contributed by atoms with Crippen LogP contribution in [0.15, 0.2) is 43.0 Å². The van der Waals surface area contributed by atoms with Crippen molar-refractivity contribution in [3.8, 4) is 0 Å². The highest BCUT2D eigenvalue weighted by Crippen LogP contribution is 2.21. The highest BCUT2D eigenvalue weighted by atomic mass is 16.5. The summed E-state index contributed by atoms with van der Waals surface area (Å²) >= 11 is 0. The first-order valence-corrected chi connectivity index (χ1v) is 9.02. The molecule has 1 aromatic rings. The monoisotopic (exact) mass is 348 g/mol. The average Bonchev–Trinajstić information content (AvgIpc) is 2.65. The summed E-state index contributed by atoms with van der Waals surface area (Å²) in [4.78, 5) is 12.4. The van der Waals surface area contributed by atoms with Crippen LogP contribution in [0.1, 0.15) is 39.2 Å². The van der Waals surface area contributed by atoms with Gasteiger partial charge in [0.15, 0.2) is 0 Å². The number of carbonyl (C=O) groups excluding carboxylic acids is 1. The molecule has 0 fully saturated rings. The Balaban J connectivity index is 2.31. The van der Waals surface area contributed by atoms with Gasteiger partial charge in [0, 0.05) is 24.4 Å². The number of carbonyl (C=O) groups is 1. The second-order valence-corrected chi connectivity index (χ2v) is 6.81. The Hall–Kier alpha value is -1.49. The second kappa shape index (κ2) is 11.2. The van der Waals surface area contributed by atoms with Crippen LogP contribution in [0.4, 0.5) is 0 Å². The van der Waals surface area contributed by atoms with Gasteiger partial charge in [-0.25, -0.2) is 0 Å². The van der Waals surface area contributed by atoms with Crippen molar-refractivity contribution in [1.82, 2.24) is 0 Å². The third-order valence-corrected chi connectivity index (χ3v) is 4.80. The summed E-state index contributed by atoms with van der Waals surface area (Å²) in [5.41, 5.74) is 1.12. The van der Waals surface area contributed by atoms with Gasteiger partial charge in [0.2, 0.25) is 0 Å². The van der Waals surface area contributed by atoms with Crippen molar-refractivity contribution in [2.45, 2.75) is 52.4 Å². The van der Waals surface area contributed by atoms with E-state index in [4.69, 9.17) is 4.74 Å². The molecule has 0 unspecified atom stereocenters. The Bertz CT molecular complexity index is 514. The van der Waals surface area contributed by atoms with E-state index in [1.807, 2.05) is 37.3 Å². The molecule has 0 saturated heterocycles. The Morgan fingerprint density at radius 1 is 1.16 bits per heavy atom.